The second-order valence-electron chi connectivity index (χ2n) is 4.77. The Morgan fingerprint density at radius 2 is 1.90 bits per heavy atom. The van der Waals surface area contributed by atoms with Gasteiger partial charge in [-0.15, -0.1) is 0 Å². The van der Waals surface area contributed by atoms with Crippen LogP contribution in [0.2, 0.25) is 0 Å². The third-order valence-electron chi connectivity index (χ3n) is 2.96. The van der Waals surface area contributed by atoms with E-state index in [9.17, 15) is 9.59 Å². The van der Waals surface area contributed by atoms with Gasteiger partial charge in [0, 0.05) is 19.2 Å². The number of aliphatic carboxylic acids is 1. The molecule has 1 unspecified atom stereocenters. The lowest BCUT2D eigenvalue weighted by Gasteiger charge is -2.15. The molecule has 0 fully saturated rings. The third-order valence-corrected chi connectivity index (χ3v) is 2.96. The average molecular weight is 278 g/mol. The molecule has 0 aliphatic rings. The number of aryl methyl sites for hydroxylation is 1. The molecule has 5 heteroatoms. The van der Waals surface area contributed by atoms with Crippen LogP contribution < -0.4 is 10.6 Å². The topological polar surface area (TPSA) is 78.4 Å². The van der Waals surface area contributed by atoms with Crippen LogP contribution in [0, 0.1) is 0 Å². The number of anilines is 1. The lowest BCUT2D eigenvalue weighted by Crippen LogP contribution is -2.44. The molecular weight excluding hydrogens is 256 g/mol. The van der Waals surface area contributed by atoms with Gasteiger partial charge < -0.3 is 15.7 Å². The van der Waals surface area contributed by atoms with Gasteiger partial charge in [-0.25, -0.2) is 4.79 Å². The molecular formula is C15H22N2O3. The Balaban J connectivity index is 2.51. The maximum Gasteiger partial charge on any atom is 0.328 e. The first kappa shape index (κ1) is 16.0. The number of carbonyl (C=O) groups excluding carboxylic acids is 1. The van der Waals surface area contributed by atoms with E-state index in [2.05, 4.69) is 17.6 Å². The van der Waals surface area contributed by atoms with Gasteiger partial charge in [0.1, 0.15) is 6.04 Å². The van der Waals surface area contributed by atoms with Gasteiger partial charge in [-0.05, 0) is 30.5 Å². The van der Waals surface area contributed by atoms with Crippen molar-refractivity contribution < 1.29 is 14.7 Å². The maximum atomic E-state index is 11.0. The number of unbranched alkanes of at least 4 members (excludes halogenated alkanes) is 1. The predicted molar refractivity (Wildman–Crippen MR) is 78.8 cm³/mol. The van der Waals surface area contributed by atoms with E-state index >= 15 is 0 Å². The molecule has 1 rings (SSSR count). The molecule has 0 spiro atoms. The number of benzene rings is 1. The molecule has 20 heavy (non-hydrogen) atoms. The summed E-state index contributed by atoms with van der Waals surface area (Å²) >= 11 is 0. The molecule has 0 aliphatic heterocycles. The van der Waals surface area contributed by atoms with Gasteiger partial charge in [0.2, 0.25) is 5.91 Å². The molecule has 0 saturated carbocycles. The number of hydrogen-bond acceptors (Lipinski definition) is 3. The highest BCUT2D eigenvalue weighted by molar-refractivity contribution is 5.82. The van der Waals surface area contributed by atoms with Crippen LogP contribution in [0.25, 0.3) is 0 Å². The smallest absolute Gasteiger partial charge is 0.328 e. The van der Waals surface area contributed by atoms with Crippen molar-refractivity contribution in [2.24, 2.45) is 0 Å². The van der Waals surface area contributed by atoms with Gasteiger partial charge in [-0.2, -0.15) is 0 Å². The molecule has 1 aromatic rings. The summed E-state index contributed by atoms with van der Waals surface area (Å²) in [6, 6.07) is 7.00. The van der Waals surface area contributed by atoms with Crippen LogP contribution in [0.4, 0.5) is 5.69 Å². The number of nitrogens with one attached hydrogen (secondary N) is 2. The fourth-order valence-corrected chi connectivity index (χ4v) is 1.84. The first-order chi connectivity index (χ1) is 9.52. The number of carboxylic acid groups (broad SMARTS) is 1. The molecule has 1 aromatic carbocycles. The quantitative estimate of drug-likeness (QED) is 0.680. The van der Waals surface area contributed by atoms with Crippen molar-refractivity contribution in [2.45, 2.75) is 39.2 Å². The van der Waals surface area contributed by atoms with Gasteiger partial charge in [0.15, 0.2) is 0 Å². The van der Waals surface area contributed by atoms with Crippen LogP contribution in [0.15, 0.2) is 24.3 Å². The summed E-state index contributed by atoms with van der Waals surface area (Å²) in [5, 5.41) is 14.4. The van der Waals surface area contributed by atoms with Gasteiger partial charge in [-0.1, -0.05) is 25.5 Å². The molecule has 0 heterocycles. The van der Waals surface area contributed by atoms with E-state index in [-0.39, 0.29) is 12.5 Å². The second kappa shape index (κ2) is 8.19. The van der Waals surface area contributed by atoms with E-state index in [1.165, 1.54) is 12.5 Å². The zero-order valence-corrected chi connectivity index (χ0v) is 12.0. The van der Waals surface area contributed by atoms with Crippen molar-refractivity contribution in [1.82, 2.24) is 5.32 Å². The summed E-state index contributed by atoms with van der Waals surface area (Å²) in [7, 11) is 0. The minimum Gasteiger partial charge on any atom is -0.480 e. The number of carbonyl (C=O) groups is 2. The van der Waals surface area contributed by atoms with E-state index in [4.69, 9.17) is 5.11 Å². The van der Waals surface area contributed by atoms with E-state index in [0.29, 0.717) is 0 Å². The fraction of sp³-hybridized carbons (Fsp3) is 0.467. The number of rotatable bonds is 8. The summed E-state index contributed by atoms with van der Waals surface area (Å²) in [5.41, 5.74) is 2.12. The van der Waals surface area contributed by atoms with E-state index < -0.39 is 12.0 Å². The van der Waals surface area contributed by atoms with Crippen molar-refractivity contribution in [3.05, 3.63) is 29.8 Å². The Labute approximate surface area is 119 Å². The van der Waals surface area contributed by atoms with Crippen LogP contribution in [0.5, 0.6) is 0 Å². The van der Waals surface area contributed by atoms with Crippen LogP contribution in [-0.2, 0) is 16.0 Å². The molecule has 0 aliphatic carbocycles. The standard InChI is InChI=1S/C15H22N2O3/c1-3-4-5-12-6-8-13(9-7-12)16-10-14(15(19)20)17-11(2)18/h6-9,14,16H,3-5,10H2,1-2H3,(H,17,18)(H,19,20). The van der Waals surface area contributed by atoms with Crippen LogP contribution >= 0.6 is 0 Å². The lowest BCUT2D eigenvalue weighted by atomic mass is 10.1. The third kappa shape index (κ3) is 5.73. The Bertz CT molecular complexity index is 443. The van der Waals surface area contributed by atoms with Crippen molar-refractivity contribution in [3.8, 4) is 0 Å². The van der Waals surface area contributed by atoms with Gasteiger partial charge in [0.25, 0.3) is 0 Å². The first-order valence-electron chi connectivity index (χ1n) is 6.85. The summed E-state index contributed by atoms with van der Waals surface area (Å²) in [6.07, 6.45) is 3.38. The normalized spacial score (nSPS) is 11.7. The van der Waals surface area contributed by atoms with Gasteiger partial charge in [-0.3, -0.25) is 4.79 Å². The highest BCUT2D eigenvalue weighted by Crippen LogP contribution is 2.11. The molecule has 110 valence electrons. The number of hydrogen-bond donors (Lipinski definition) is 3. The summed E-state index contributed by atoms with van der Waals surface area (Å²) in [4.78, 5) is 21.9. The molecule has 3 N–H and O–H groups in total. The summed E-state index contributed by atoms with van der Waals surface area (Å²) in [6.45, 7) is 3.62. The molecule has 5 nitrogen and oxygen atoms in total. The molecule has 0 radical (unpaired) electrons. The Morgan fingerprint density at radius 3 is 2.40 bits per heavy atom. The molecule has 1 amide bonds. The summed E-state index contributed by atoms with van der Waals surface area (Å²) in [5.74, 6) is -1.40. The van der Waals surface area contributed by atoms with Crippen molar-refractivity contribution in [2.75, 3.05) is 11.9 Å². The fourth-order valence-electron chi connectivity index (χ4n) is 1.84. The van der Waals surface area contributed by atoms with E-state index in [1.807, 2.05) is 24.3 Å². The average Bonchev–Trinajstić information content (AvgIpc) is 2.41. The predicted octanol–water partition coefficient (Wildman–Crippen LogP) is 2.03. The highest BCUT2D eigenvalue weighted by atomic mass is 16.4. The van der Waals surface area contributed by atoms with Crippen LogP contribution in [-0.4, -0.2) is 29.6 Å². The van der Waals surface area contributed by atoms with Crippen LogP contribution in [0.3, 0.4) is 0 Å². The minimum absolute atomic E-state index is 0.156. The van der Waals surface area contributed by atoms with Crippen molar-refractivity contribution in [3.63, 3.8) is 0 Å². The van der Waals surface area contributed by atoms with E-state index in [1.54, 1.807) is 0 Å². The molecule has 1 atom stereocenters. The molecule has 0 bridgehead atoms. The molecule has 0 saturated heterocycles. The lowest BCUT2D eigenvalue weighted by molar-refractivity contribution is -0.141. The maximum absolute atomic E-state index is 11.0. The first-order valence-corrected chi connectivity index (χ1v) is 6.85. The Morgan fingerprint density at radius 1 is 1.25 bits per heavy atom. The largest absolute Gasteiger partial charge is 0.480 e. The zero-order valence-electron chi connectivity index (χ0n) is 12.0. The van der Waals surface area contributed by atoms with Crippen molar-refractivity contribution >= 4 is 17.6 Å². The van der Waals surface area contributed by atoms with Crippen molar-refractivity contribution in [1.29, 1.82) is 0 Å². The van der Waals surface area contributed by atoms with Crippen LogP contribution in [0.1, 0.15) is 32.3 Å². The monoisotopic (exact) mass is 278 g/mol. The Hall–Kier alpha value is -2.04. The summed E-state index contributed by atoms with van der Waals surface area (Å²) < 4.78 is 0. The SMILES string of the molecule is CCCCc1ccc(NCC(NC(C)=O)C(=O)O)cc1. The van der Waals surface area contributed by atoms with Gasteiger partial charge >= 0.3 is 5.97 Å². The van der Waals surface area contributed by atoms with Gasteiger partial charge in [0.05, 0.1) is 0 Å². The minimum atomic E-state index is -1.05. The number of carboxylic acids is 1. The highest BCUT2D eigenvalue weighted by Gasteiger charge is 2.17. The van der Waals surface area contributed by atoms with E-state index in [0.717, 1.165) is 24.9 Å². The number of amides is 1. The zero-order chi connectivity index (χ0) is 15.0. The second-order valence-corrected chi connectivity index (χ2v) is 4.77. The molecule has 0 aromatic heterocycles. The Kier molecular flexibility index (Phi) is 6.56.